The van der Waals surface area contributed by atoms with Gasteiger partial charge in [0.1, 0.15) is 46.2 Å². The number of aromatic nitrogens is 6. The second-order valence-electron chi connectivity index (χ2n) is 21.1. The monoisotopic (exact) mass is 1010 g/mol. The highest BCUT2D eigenvalue weighted by molar-refractivity contribution is 7.84. The number of nitrogens with one attached hydrogen (secondary N) is 1. The highest BCUT2D eigenvalue weighted by atomic mass is 32.2. The largest absolute Gasteiger partial charge is 0.399 e. The predicted molar refractivity (Wildman–Crippen MR) is 278 cm³/mol. The first-order chi connectivity index (χ1) is 35.0. The minimum atomic E-state index is -1.31. The number of anilines is 5. The number of pyridine rings is 2. The van der Waals surface area contributed by atoms with Gasteiger partial charge in [-0.3, -0.25) is 32.7 Å². The van der Waals surface area contributed by atoms with Crippen molar-refractivity contribution in [2.45, 2.75) is 94.5 Å². The van der Waals surface area contributed by atoms with Crippen LogP contribution in [0.4, 0.5) is 37.5 Å². The second kappa shape index (κ2) is 19.5. The fraction of sp³-hybridized carbons (Fsp3) is 0.472. The maximum atomic E-state index is 15.0. The predicted octanol–water partition coefficient (Wildman–Crippen LogP) is 6.43. The molecular weight excluding hydrogens is 951 g/mol. The maximum Gasteiger partial charge on any atom is 0.270 e. The highest BCUT2D eigenvalue weighted by Crippen LogP contribution is 2.63. The standard InChI is InChI=1S/C26H28FN7O.C14H12N4O2S.C13H20FN3/c1-16(2)32-5-7-33(8-6-32)22-4-3-20(10-21(22)27)30-25-29-15-19-9-18(14-28)24(35)34(23(19)31-25)26-11-17(12-26)13-26;1-21(20)13-16-7-10-2-9(6-15)12(19)18(11(10)17-13)14-3-8(4-14)5-14;1-10(2)16-5-7-17(8-6-16)13-4-3-11(15)9-12(13)14/h3-4,9-10,15-17H,5-8,11-13H2,1-2H3,(H,29,30,31);2,7-8H,3-5H2,1H3;3-4,9-10H,5-8,15H2,1-2H3. The number of hydrogen-bond donors (Lipinski definition) is 2. The number of nitriles is 2. The lowest BCUT2D eigenvalue weighted by Gasteiger charge is -2.62. The van der Waals surface area contributed by atoms with E-state index in [1.165, 1.54) is 24.5 Å². The van der Waals surface area contributed by atoms with Crippen LogP contribution in [0.1, 0.15) is 77.3 Å². The zero-order chi connectivity index (χ0) is 51.5. The van der Waals surface area contributed by atoms with Crippen molar-refractivity contribution >= 4 is 61.6 Å². The van der Waals surface area contributed by atoms with Crippen molar-refractivity contribution in [3.05, 3.63) is 104 Å². The van der Waals surface area contributed by atoms with Gasteiger partial charge in [0.05, 0.1) is 33.3 Å². The summed E-state index contributed by atoms with van der Waals surface area (Å²) in [4.78, 5) is 52.0. The molecule has 6 aliphatic carbocycles. The molecule has 2 aromatic carbocycles. The van der Waals surface area contributed by atoms with Gasteiger partial charge in [-0.15, -0.1) is 0 Å². The van der Waals surface area contributed by atoms with Gasteiger partial charge in [0.2, 0.25) is 11.1 Å². The lowest BCUT2D eigenvalue weighted by Crippen LogP contribution is -2.62. The summed E-state index contributed by atoms with van der Waals surface area (Å²) in [5.74, 6) is 1.14. The smallest absolute Gasteiger partial charge is 0.270 e. The van der Waals surface area contributed by atoms with Crippen molar-refractivity contribution in [3.8, 4) is 12.1 Å². The van der Waals surface area contributed by atoms with Crippen LogP contribution in [-0.2, 0) is 21.9 Å². The first kappa shape index (κ1) is 49.7. The molecule has 1 unspecified atom stereocenters. The zero-order valence-electron chi connectivity index (χ0n) is 41.8. The zero-order valence-corrected chi connectivity index (χ0v) is 42.6. The van der Waals surface area contributed by atoms with Crippen LogP contribution in [0.5, 0.6) is 0 Å². The number of rotatable bonds is 9. The molecule has 73 heavy (non-hydrogen) atoms. The molecule has 3 N–H and O–H groups in total. The summed E-state index contributed by atoms with van der Waals surface area (Å²) in [6.07, 6.45) is 10.4. The van der Waals surface area contributed by atoms with Crippen LogP contribution in [0.15, 0.2) is 75.7 Å². The van der Waals surface area contributed by atoms with Gasteiger partial charge in [-0.1, -0.05) is 0 Å². The number of nitrogens with zero attached hydrogens (tertiary/aromatic N) is 12. The van der Waals surface area contributed by atoms with E-state index in [9.17, 15) is 23.5 Å². The molecule has 14 rings (SSSR count). The Hall–Kier alpha value is -6.87. The van der Waals surface area contributed by atoms with E-state index in [2.05, 4.69) is 72.5 Å². The molecule has 6 heterocycles. The summed E-state index contributed by atoms with van der Waals surface area (Å²) >= 11 is 0. The maximum absolute atomic E-state index is 15.0. The van der Waals surface area contributed by atoms with Gasteiger partial charge >= 0.3 is 0 Å². The molecule has 2 saturated heterocycles. The molecule has 0 amide bonds. The Labute approximate surface area is 424 Å². The van der Waals surface area contributed by atoms with Crippen LogP contribution in [0.2, 0.25) is 0 Å². The van der Waals surface area contributed by atoms with E-state index in [-0.39, 0.29) is 50.1 Å². The van der Waals surface area contributed by atoms with Crippen LogP contribution in [0.25, 0.3) is 22.1 Å². The number of piperazine rings is 2. The van der Waals surface area contributed by atoms with E-state index in [4.69, 9.17) is 11.0 Å². The molecule has 0 spiro atoms. The van der Waals surface area contributed by atoms with Crippen LogP contribution < -0.4 is 32.0 Å². The Morgan fingerprint density at radius 3 is 1.53 bits per heavy atom. The molecule has 8 fully saturated rings. The Bertz CT molecular complexity index is 3340. The number of nitrogen functional groups attached to an aromatic ring is 1. The van der Waals surface area contributed by atoms with Gasteiger partial charge in [0, 0.05) is 105 Å². The average molecular weight is 1010 g/mol. The van der Waals surface area contributed by atoms with Gasteiger partial charge in [-0.05, 0) is 127 Å². The van der Waals surface area contributed by atoms with Crippen molar-refractivity contribution in [1.82, 2.24) is 38.9 Å². The molecule has 380 valence electrons. The Morgan fingerprint density at radius 1 is 0.671 bits per heavy atom. The lowest BCUT2D eigenvalue weighted by atomic mass is 9.49. The van der Waals surface area contributed by atoms with E-state index in [1.54, 1.807) is 45.8 Å². The van der Waals surface area contributed by atoms with E-state index in [1.807, 2.05) is 18.2 Å². The topological polar surface area (TPSA) is 211 Å². The summed E-state index contributed by atoms with van der Waals surface area (Å²) in [7, 11) is -1.31. The van der Waals surface area contributed by atoms with Crippen LogP contribution >= 0.6 is 0 Å². The quantitative estimate of drug-likeness (QED) is 0.118. The minimum Gasteiger partial charge on any atom is -0.399 e. The summed E-state index contributed by atoms with van der Waals surface area (Å²) in [6.45, 7) is 15.9. The molecule has 4 aromatic heterocycles. The number of halogens is 2. The molecule has 1 atom stereocenters. The van der Waals surface area contributed by atoms with E-state index in [0.717, 1.165) is 90.9 Å². The Morgan fingerprint density at radius 2 is 1.12 bits per heavy atom. The molecule has 8 aliphatic rings. The van der Waals surface area contributed by atoms with Crippen molar-refractivity contribution in [2.24, 2.45) is 11.8 Å². The van der Waals surface area contributed by atoms with Crippen molar-refractivity contribution in [1.29, 1.82) is 10.5 Å². The SMILES string of the molecule is CC(C)N1CCN(c2ccc(N)cc2F)CC1.CC(C)N1CCN(c2ccc(Nc3ncc4cc(C#N)c(=O)n(C56CC(C5)C6)c4n3)cc2F)CC1.CS(=O)c1ncc2cc(C#N)c(=O)n(C34CC(C3)C4)c2n1. The molecular formula is C53H60F2N14O3S. The fourth-order valence-electron chi connectivity index (χ4n) is 11.5. The Balaban J connectivity index is 0.000000137. The van der Waals surface area contributed by atoms with Crippen molar-refractivity contribution in [3.63, 3.8) is 0 Å². The average Bonchev–Trinajstić information content (AvgIpc) is 3.31. The van der Waals surface area contributed by atoms with Crippen LogP contribution in [0, 0.1) is 46.1 Å². The summed E-state index contributed by atoms with van der Waals surface area (Å²) in [5.41, 5.74) is 8.07. The van der Waals surface area contributed by atoms with Gasteiger partial charge in [0.15, 0.2) is 0 Å². The van der Waals surface area contributed by atoms with Crippen molar-refractivity contribution < 1.29 is 13.0 Å². The van der Waals surface area contributed by atoms with Crippen LogP contribution in [-0.4, -0.2) is 114 Å². The third-order valence-corrected chi connectivity index (χ3v) is 16.6. The fourth-order valence-corrected chi connectivity index (χ4v) is 12.0. The number of benzene rings is 2. The van der Waals surface area contributed by atoms with E-state index >= 15 is 4.39 Å². The first-order valence-electron chi connectivity index (χ1n) is 25.1. The van der Waals surface area contributed by atoms with Gasteiger partial charge in [-0.25, -0.2) is 23.7 Å². The number of nitrogens with two attached hydrogens (primary N) is 1. The number of hydrogen-bond acceptors (Lipinski definition) is 15. The Kier molecular flexibility index (Phi) is 13.3. The first-order valence-corrected chi connectivity index (χ1v) is 26.6. The molecule has 2 aliphatic heterocycles. The number of fused-ring (bicyclic) bond motifs is 2. The molecule has 0 radical (unpaired) electrons. The summed E-state index contributed by atoms with van der Waals surface area (Å²) < 4.78 is 43.8. The normalized spacial score (nSPS) is 23.4. The highest BCUT2D eigenvalue weighted by Gasteiger charge is 2.60. The molecule has 6 saturated carbocycles. The van der Waals surface area contributed by atoms with Crippen molar-refractivity contribution in [2.75, 3.05) is 79.5 Å². The summed E-state index contributed by atoms with van der Waals surface area (Å²) in [6, 6.07) is 18.1. The van der Waals surface area contributed by atoms with Crippen LogP contribution in [0.3, 0.4) is 0 Å². The van der Waals surface area contributed by atoms with Gasteiger partial charge in [-0.2, -0.15) is 15.5 Å². The molecule has 6 aromatic rings. The lowest BCUT2D eigenvalue weighted by molar-refractivity contribution is -0.0885. The molecule has 20 heteroatoms. The van der Waals surface area contributed by atoms with E-state index in [0.29, 0.717) is 74.7 Å². The third-order valence-electron chi connectivity index (χ3n) is 15.9. The van der Waals surface area contributed by atoms with Gasteiger partial charge in [0.25, 0.3) is 11.1 Å². The van der Waals surface area contributed by atoms with Gasteiger partial charge < -0.3 is 20.9 Å². The minimum absolute atomic E-state index is 0.110. The molecule has 4 bridgehead atoms. The molecule has 17 nitrogen and oxygen atoms in total. The second-order valence-corrected chi connectivity index (χ2v) is 22.4. The summed E-state index contributed by atoms with van der Waals surface area (Å²) in [5, 5.41) is 23.2. The van der Waals surface area contributed by atoms with E-state index < -0.39 is 10.8 Å². The third kappa shape index (κ3) is 9.29.